The smallest absolute Gasteiger partial charge is 0.276 e. The van der Waals surface area contributed by atoms with Gasteiger partial charge < -0.3 is 4.74 Å². The molecule has 0 atom stereocenters. The van der Waals surface area contributed by atoms with Gasteiger partial charge in [0.1, 0.15) is 5.75 Å². The van der Waals surface area contributed by atoms with Gasteiger partial charge in [0.05, 0.1) is 10.7 Å². The molecule has 0 bridgehead atoms. The Bertz CT molecular complexity index is 650. The molecule has 2 aromatic rings. The standard InChI is InChI=1S/C14H11Cl3N2O2/c15-9-2-1-3-11(6-9)18-19-14(20)8-21-13-7-10(16)4-5-12(13)17/h1-7,18H,8H2,(H,19,20). The summed E-state index contributed by atoms with van der Waals surface area (Å²) in [5.74, 6) is -0.0203. The van der Waals surface area contributed by atoms with Crippen LogP contribution in [-0.2, 0) is 4.79 Å². The van der Waals surface area contributed by atoms with Gasteiger partial charge in [-0.1, -0.05) is 40.9 Å². The minimum absolute atomic E-state index is 0.201. The molecule has 0 fully saturated rings. The van der Waals surface area contributed by atoms with Gasteiger partial charge in [0.25, 0.3) is 5.91 Å². The highest BCUT2D eigenvalue weighted by Gasteiger charge is 2.06. The van der Waals surface area contributed by atoms with Crippen LogP contribution >= 0.6 is 34.8 Å². The molecule has 0 radical (unpaired) electrons. The second-order valence-corrected chi connectivity index (χ2v) is 5.33. The Morgan fingerprint density at radius 3 is 2.57 bits per heavy atom. The predicted molar refractivity (Wildman–Crippen MR) is 85.2 cm³/mol. The number of rotatable bonds is 5. The quantitative estimate of drug-likeness (QED) is 0.800. The highest BCUT2D eigenvalue weighted by Crippen LogP contribution is 2.27. The molecule has 0 heterocycles. The fraction of sp³-hybridized carbons (Fsp3) is 0.0714. The summed E-state index contributed by atoms with van der Waals surface area (Å²) >= 11 is 17.6. The highest BCUT2D eigenvalue weighted by atomic mass is 35.5. The Morgan fingerprint density at radius 1 is 1.05 bits per heavy atom. The number of nitrogens with one attached hydrogen (secondary N) is 2. The number of anilines is 1. The van der Waals surface area contributed by atoms with Crippen LogP contribution in [0.15, 0.2) is 42.5 Å². The van der Waals surface area contributed by atoms with Gasteiger partial charge in [-0.25, -0.2) is 0 Å². The van der Waals surface area contributed by atoms with Crippen molar-refractivity contribution >= 4 is 46.4 Å². The van der Waals surface area contributed by atoms with Crippen LogP contribution in [0.4, 0.5) is 5.69 Å². The number of hydrazine groups is 1. The van der Waals surface area contributed by atoms with Crippen molar-refractivity contribution in [3.63, 3.8) is 0 Å². The van der Waals surface area contributed by atoms with Crippen molar-refractivity contribution in [3.8, 4) is 5.75 Å². The predicted octanol–water partition coefficient (Wildman–Crippen LogP) is 4.17. The maximum Gasteiger partial charge on any atom is 0.276 e. The summed E-state index contributed by atoms with van der Waals surface area (Å²) < 4.78 is 5.30. The number of hydrogen-bond donors (Lipinski definition) is 2. The molecule has 0 aliphatic carbocycles. The van der Waals surface area contributed by atoms with Gasteiger partial charge in [-0.05, 0) is 30.3 Å². The molecule has 4 nitrogen and oxygen atoms in total. The average Bonchev–Trinajstić information content (AvgIpc) is 2.46. The zero-order valence-corrected chi connectivity index (χ0v) is 13.0. The maximum absolute atomic E-state index is 11.7. The number of halogens is 3. The van der Waals surface area contributed by atoms with Crippen LogP contribution in [-0.4, -0.2) is 12.5 Å². The monoisotopic (exact) mass is 344 g/mol. The first-order valence-corrected chi connectivity index (χ1v) is 7.06. The van der Waals surface area contributed by atoms with Crippen LogP contribution in [0.2, 0.25) is 15.1 Å². The van der Waals surface area contributed by atoms with Crippen molar-refractivity contribution in [3.05, 3.63) is 57.5 Å². The third-order valence-corrected chi connectivity index (χ3v) is 3.21. The van der Waals surface area contributed by atoms with Crippen molar-refractivity contribution in [2.24, 2.45) is 0 Å². The van der Waals surface area contributed by atoms with Crippen LogP contribution < -0.4 is 15.6 Å². The van der Waals surface area contributed by atoms with Crippen molar-refractivity contribution in [1.29, 1.82) is 0 Å². The van der Waals surface area contributed by atoms with Crippen LogP contribution in [0.25, 0.3) is 0 Å². The Hall–Kier alpha value is -1.62. The number of ether oxygens (including phenoxy) is 1. The van der Waals surface area contributed by atoms with E-state index in [2.05, 4.69) is 10.9 Å². The molecule has 0 unspecified atom stereocenters. The van der Waals surface area contributed by atoms with Gasteiger partial charge in [-0.15, -0.1) is 0 Å². The third-order valence-electron chi connectivity index (χ3n) is 2.42. The van der Waals surface area contributed by atoms with Gasteiger partial charge in [-0.3, -0.25) is 15.6 Å². The number of hydrogen-bond acceptors (Lipinski definition) is 3. The SMILES string of the molecule is O=C(COc1cc(Cl)ccc1Cl)NNc1cccc(Cl)c1. The van der Waals surface area contributed by atoms with Crippen molar-refractivity contribution in [2.45, 2.75) is 0 Å². The molecule has 0 aliphatic heterocycles. The Kier molecular flexibility index (Phi) is 5.56. The zero-order valence-electron chi connectivity index (χ0n) is 10.7. The lowest BCUT2D eigenvalue weighted by molar-refractivity contribution is -0.122. The van der Waals surface area contributed by atoms with Crippen LogP contribution in [0.3, 0.4) is 0 Å². The third kappa shape index (κ3) is 5.01. The molecule has 0 aromatic heterocycles. The van der Waals surface area contributed by atoms with Gasteiger partial charge in [0.15, 0.2) is 6.61 Å². The van der Waals surface area contributed by atoms with E-state index in [0.29, 0.717) is 26.5 Å². The van der Waals surface area contributed by atoms with E-state index >= 15 is 0 Å². The maximum atomic E-state index is 11.7. The van der Waals surface area contributed by atoms with E-state index in [1.165, 1.54) is 0 Å². The minimum atomic E-state index is -0.369. The summed E-state index contributed by atoms with van der Waals surface area (Å²) in [4.78, 5) is 11.7. The molecule has 7 heteroatoms. The van der Waals surface area contributed by atoms with E-state index in [1.54, 1.807) is 42.5 Å². The topological polar surface area (TPSA) is 50.4 Å². The highest BCUT2D eigenvalue weighted by molar-refractivity contribution is 6.34. The normalized spacial score (nSPS) is 10.0. The zero-order chi connectivity index (χ0) is 15.2. The second-order valence-electron chi connectivity index (χ2n) is 4.05. The first kappa shape index (κ1) is 15.8. The number of carbonyl (C=O) groups excluding carboxylic acids is 1. The van der Waals surface area contributed by atoms with E-state index in [4.69, 9.17) is 39.5 Å². The molecule has 1 amide bonds. The molecular formula is C14H11Cl3N2O2. The molecular weight excluding hydrogens is 335 g/mol. The van der Waals surface area contributed by atoms with E-state index in [0.717, 1.165) is 0 Å². The summed E-state index contributed by atoms with van der Waals surface area (Å²) in [6, 6.07) is 11.7. The lowest BCUT2D eigenvalue weighted by atomic mass is 10.3. The van der Waals surface area contributed by atoms with Gasteiger partial charge in [0, 0.05) is 16.1 Å². The minimum Gasteiger partial charge on any atom is -0.482 e. The molecule has 2 N–H and O–H groups in total. The molecule has 110 valence electrons. The Labute approximate surface area is 136 Å². The first-order valence-electron chi connectivity index (χ1n) is 5.93. The summed E-state index contributed by atoms with van der Waals surface area (Å²) in [5.41, 5.74) is 5.87. The largest absolute Gasteiger partial charge is 0.482 e. The van der Waals surface area contributed by atoms with Crippen molar-refractivity contribution in [2.75, 3.05) is 12.0 Å². The molecule has 0 saturated heterocycles. The Balaban J connectivity index is 1.83. The van der Waals surface area contributed by atoms with Crippen LogP contribution in [0, 0.1) is 0 Å². The summed E-state index contributed by atoms with van der Waals surface area (Å²) in [6.07, 6.45) is 0. The number of carbonyl (C=O) groups is 1. The van der Waals surface area contributed by atoms with Gasteiger partial charge in [-0.2, -0.15) is 0 Å². The lowest BCUT2D eigenvalue weighted by Gasteiger charge is -2.10. The van der Waals surface area contributed by atoms with E-state index in [-0.39, 0.29) is 12.5 Å². The Morgan fingerprint density at radius 2 is 1.81 bits per heavy atom. The van der Waals surface area contributed by atoms with Gasteiger partial charge >= 0.3 is 0 Å². The van der Waals surface area contributed by atoms with E-state index in [1.807, 2.05) is 0 Å². The van der Waals surface area contributed by atoms with Crippen molar-refractivity contribution in [1.82, 2.24) is 5.43 Å². The molecule has 0 aliphatic rings. The molecule has 2 aromatic carbocycles. The molecule has 21 heavy (non-hydrogen) atoms. The first-order chi connectivity index (χ1) is 10.0. The van der Waals surface area contributed by atoms with Crippen molar-refractivity contribution < 1.29 is 9.53 Å². The molecule has 0 spiro atoms. The average molecular weight is 346 g/mol. The summed E-state index contributed by atoms with van der Waals surface area (Å²) in [7, 11) is 0. The summed E-state index contributed by atoms with van der Waals surface area (Å²) in [6.45, 7) is -0.201. The fourth-order valence-electron chi connectivity index (χ4n) is 1.48. The van der Waals surface area contributed by atoms with Crippen LogP contribution in [0.1, 0.15) is 0 Å². The molecule has 2 rings (SSSR count). The molecule has 0 saturated carbocycles. The van der Waals surface area contributed by atoms with Gasteiger partial charge in [0.2, 0.25) is 0 Å². The second kappa shape index (κ2) is 7.41. The number of benzene rings is 2. The van der Waals surface area contributed by atoms with E-state index in [9.17, 15) is 4.79 Å². The number of amides is 1. The lowest BCUT2D eigenvalue weighted by Crippen LogP contribution is -2.33. The summed E-state index contributed by atoms with van der Waals surface area (Å²) in [5, 5.41) is 1.43. The van der Waals surface area contributed by atoms with E-state index < -0.39 is 0 Å². The fourth-order valence-corrected chi connectivity index (χ4v) is 2.00. The van der Waals surface area contributed by atoms with Crippen LogP contribution in [0.5, 0.6) is 5.75 Å².